The lowest BCUT2D eigenvalue weighted by Crippen LogP contribution is -2.46. The molecule has 1 aromatic carbocycles. The van der Waals surface area contributed by atoms with Crippen LogP contribution in [0.3, 0.4) is 0 Å². The number of piperazine rings is 1. The van der Waals surface area contributed by atoms with Gasteiger partial charge in [0.1, 0.15) is 5.82 Å². The van der Waals surface area contributed by atoms with E-state index >= 15 is 0 Å². The molecule has 6 nitrogen and oxygen atoms in total. The average molecular weight is 441 g/mol. The summed E-state index contributed by atoms with van der Waals surface area (Å²) in [5.74, 6) is 0.626. The van der Waals surface area contributed by atoms with Gasteiger partial charge in [-0.25, -0.2) is 4.39 Å². The van der Waals surface area contributed by atoms with Crippen molar-refractivity contribution in [2.45, 2.75) is 26.3 Å². The van der Waals surface area contributed by atoms with Crippen molar-refractivity contribution >= 4 is 22.2 Å². The van der Waals surface area contributed by atoms with E-state index in [0.29, 0.717) is 0 Å². The molecule has 0 atom stereocenters. The van der Waals surface area contributed by atoms with E-state index in [0.717, 1.165) is 67.7 Å². The first kappa shape index (κ1) is 20.5. The lowest BCUT2D eigenvalue weighted by molar-refractivity contribution is 0.246. The highest BCUT2D eigenvalue weighted by atomic mass is 32.1. The molecule has 31 heavy (non-hydrogen) atoms. The van der Waals surface area contributed by atoms with Crippen molar-refractivity contribution in [2.75, 3.05) is 49.1 Å². The van der Waals surface area contributed by atoms with Crippen LogP contribution < -0.4 is 9.80 Å². The molecule has 0 aliphatic carbocycles. The van der Waals surface area contributed by atoms with Gasteiger partial charge in [-0.05, 0) is 55.2 Å². The van der Waals surface area contributed by atoms with Gasteiger partial charge in [0.2, 0.25) is 10.3 Å². The SMILES string of the molecule is CC1CCN(c2nnc(-n3cccc3CN3CCN(c4ccc(F)cc4)CC3)s2)CC1. The summed E-state index contributed by atoms with van der Waals surface area (Å²) in [6, 6.07) is 11.1. The Morgan fingerprint density at radius 3 is 2.35 bits per heavy atom. The summed E-state index contributed by atoms with van der Waals surface area (Å²) in [6.07, 6.45) is 4.55. The molecule has 4 heterocycles. The summed E-state index contributed by atoms with van der Waals surface area (Å²) in [5.41, 5.74) is 2.34. The van der Waals surface area contributed by atoms with Crippen LogP contribution >= 0.6 is 11.3 Å². The number of nitrogens with zero attached hydrogens (tertiary/aromatic N) is 6. The lowest BCUT2D eigenvalue weighted by Gasteiger charge is -2.36. The van der Waals surface area contributed by atoms with Gasteiger partial charge < -0.3 is 9.80 Å². The molecule has 0 saturated carbocycles. The molecular formula is C23H29FN6S. The molecule has 0 bridgehead atoms. The molecule has 0 radical (unpaired) electrons. The molecule has 2 aliphatic heterocycles. The predicted molar refractivity (Wildman–Crippen MR) is 124 cm³/mol. The molecule has 5 rings (SSSR count). The molecule has 2 saturated heterocycles. The summed E-state index contributed by atoms with van der Waals surface area (Å²) in [7, 11) is 0. The Morgan fingerprint density at radius 1 is 0.903 bits per heavy atom. The third kappa shape index (κ3) is 4.60. The number of halogens is 1. The number of anilines is 2. The van der Waals surface area contributed by atoms with Crippen molar-refractivity contribution in [1.29, 1.82) is 0 Å². The summed E-state index contributed by atoms with van der Waals surface area (Å²) in [6.45, 7) is 9.23. The van der Waals surface area contributed by atoms with Crippen LogP contribution in [-0.2, 0) is 6.54 Å². The van der Waals surface area contributed by atoms with E-state index < -0.39 is 0 Å². The van der Waals surface area contributed by atoms with Crippen LogP contribution in [0.1, 0.15) is 25.5 Å². The van der Waals surface area contributed by atoms with E-state index in [1.165, 1.54) is 30.7 Å². The van der Waals surface area contributed by atoms with E-state index in [1.54, 1.807) is 11.3 Å². The Morgan fingerprint density at radius 2 is 1.61 bits per heavy atom. The molecule has 3 aromatic rings. The standard InChI is InChI=1S/C23H29FN6S/c1-18-8-11-29(12-9-18)22-25-26-23(31-22)30-10-2-3-21(30)17-27-13-15-28(16-14-27)20-6-4-19(24)5-7-20/h2-7,10,18H,8-9,11-17H2,1H3. The summed E-state index contributed by atoms with van der Waals surface area (Å²) < 4.78 is 15.4. The van der Waals surface area contributed by atoms with Crippen molar-refractivity contribution in [1.82, 2.24) is 19.7 Å². The molecule has 0 N–H and O–H groups in total. The number of piperidine rings is 1. The molecule has 8 heteroatoms. The first-order valence-corrected chi connectivity index (χ1v) is 12.0. The highest BCUT2D eigenvalue weighted by Crippen LogP contribution is 2.28. The van der Waals surface area contributed by atoms with Crippen LogP contribution in [0, 0.1) is 11.7 Å². The van der Waals surface area contributed by atoms with E-state index in [9.17, 15) is 4.39 Å². The van der Waals surface area contributed by atoms with Crippen molar-refractivity contribution < 1.29 is 4.39 Å². The number of benzene rings is 1. The van der Waals surface area contributed by atoms with Crippen molar-refractivity contribution in [2.24, 2.45) is 5.92 Å². The molecule has 0 unspecified atom stereocenters. The second-order valence-electron chi connectivity index (χ2n) is 8.65. The summed E-state index contributed by atoms with van der Waals surface area (Å²) in [5, 5.41) is 11.0. The van der Waals surface area contributed by atoms with Crippen molar-refractivity contribution in [3.8, 4) is 5.13 Å². The van der Waals surface area contributed by atoms with Gasteiger partial charge in [0, 0.05) is 63.4 Å². The van der Waals surface area contributed by atoms with Gasteiger partial charge in [-0.15, -0.1) is 10.2 Å². The fraction of sp³-hybridized carbons (Fsp3) is 0.478. The first-order valence-electron chi connectivity index (χ1n) is 11.1. The second-order valence-corrected chi connectivity index (χ2v) is 9.58. The predicted octanol–water partition coefficient (Wildman–Crippen LogP) is 4.03. The monoisotopic (exact) mass is 440 g/mol. The fourth-order valence-electron chi connectivity index (χ4n) is 4.41. The van der Waals surface area contributed by atoms with Gasteiger partial charge in [-0.3, -0.25) is 9.47 Å². The second kappa shape index (κ2) is 8.96. The van der Waals surface area contributed by atoms with E-state index in [-0.39, 0.29) is 5.82 Å². The normalized spacial score (nSPS) is 18.6. The Bertz CT molecular complexity index is 984. The Kier molecular flexibility index (Phi) is 5.91. The maximum absolute atomic E-state index is 13.2. The molecule has 2 fully saturated rings. The first-order chi connectivity index (χ1) is 15.2. The number of aromatic nitrogens is 3. The minimum Gasteiger partial charge on any atom is -0.369 e. The van der Waals surface area contributed by atoms with Gasteiger partial charge in [0.15, 0.2) is 0 Å². The lowest BCUT2D eigenvalue weighted by atomic mass is 10.00. The van der Waals surface area contributed by atoms with E-state index in [2.05, 4.69) is 54.7 Å². The maximum atomic E-state index is 13.2. The quantitative estimate of drug-likeness (QED) is 0.599. The Balaban J connectivity index is 1.21. The molecule has 164 valence electrons. The van der Waals surface area contributed by atoms with Gasteiger partial charge in [0.05, 0.1) is 0 Å². The number of rotatable bonds is 5. The zero-order valence-electron chi connectivity index (χ0n) is 18.0. The number of hydrogen-bond acceptors (Lipinski definition) is 6. The highest BCUT2D eigenvalue weighted by molar-refractivity contribution is 7.17. The van der Waals surface area contributed by atoms with Gasteiger partial charge in [0.25, 0.3) is 0 Å². The minimum absolute atomic E-state index is 0.183. The Hall–Kier alpha value is -2.45. The van der Waals surface area contributed by atoms with Crippen molar-refractivity contribution in [3.05, 3.63) is 54.1 Å². The summed E-state index contributed by atoms with van der Waals surface area (Å²) >= 11 is 1.68. The van der Waals surface area contributed by atoms with Crippen LogP contribution in [0.25, 0.3) is 5.13 Å². The molecule has 2 aliphatic rings. The van der Waals surface area contributed by atoms with E-state index in [1.807, 2.05) is 12.1 Å². The van der Waals surface area contributed by atoms with Crippen LogP contribution in [0.4, 0.5) is 15.2 Å². The molecular weight excluding hydrogens is 411 g/mol. The third-order valence-corrected chi connectivity index (χ3v) is 7.43. The zero-order valence-corrected chi connectivity index (χ0v) is 18.8. The maximum Gasteiger partial charge on any atom is 0.218 e. The van der Waals surface area contributed by atoms with Crippen LogP contribution in [0.15, 0.2) is 42.6 Å². The van der Waals surface area contributed by atoms with Gasteiger partial charge in [-0.2, -0.15) is 0 Å². The average Bonchev–Trinajstić information content (AvgIpc) is 3.45. The van der Waals surface area contributed by atoms with Crippen LogP contribution in [0.5, 0.6) is 0 Å². The Labute approximate surface area is 186 Å². The van der Waals surface area contributed by atoms with Crippen LogP contribution in [0.2, 0.25) is 0 Å². The fourth-order valence-corrected chi connectivity index (χ4v) is 5.32. The smallest absolute Gasteiger partial charge is 0.218 e. The zero-order chi connectivity index (χ0) is 21.2. The highest BCUT2D eigenvalue weighted by Gasteiger charge is 2.22. The molecule has 0 spiro atoms. The van der Waals surface area contributed by atoms with Crippen molar-refractivity contribution in [3.63, 3.8) is 0 Å². The van der Waals surface area contributed by atoms with Gasteiger partial charge >= 0.3 is 0 Å². The third-order valence-electron chi connectivity index (χ3n) is 6.45. The summed E-state index contributed by atoms with van der Waals surface area (Å²) in [4.78, 5) is 7.17. The number of hydrogen-bond donors (Lipinski definition) is 0. The van der Waals surface area contributed by atoms with Gasteiger partial charge in [-0.1, -0.05) is 18.3 Å². The minimum atomic E-state index is -0.183. The molecule has 0 amide bonds. The molecule has 2 aromatic heterocycles. The largest absolute Gasteiger partial charge is 0.369 e. The van der Waals surface area contributed by atoms with E-state index in [4.69, 9.17) is 0 Å². The van der Waals surface area contributed by atoms with Crippen LogP contribution in [-0.4, -0.2) is 58.9 Å². The topological polar surface area (TPSA) is 40.4 Å².